The zero-order valence-electron chi connectivity index (χ0n) is 14.2. The SMILES string of the molecule is C[NH+]1CC[NH+](CC(=O)N[C@]2(C)[C@H]3CC[C@H](C3)C2(C)C)CC1. The van der Waals surface area contributed by atoms with Crippen molar-refractivity contribution in [1.82, 2.24) is 5.32 Å². The minimum absolute atomic E-state index is 0.00423. The summed E-state index contributed by atoms with van der Waals surface area (Å²) in [5.74, 6) is 1.76. The molecule has 4 heteroatoms. The van der Waals surface area contributed by atoms with E-state index in [1.165, 1.54) is 37.3 Å². The second-order valence-electron chi connectivity index (χ2n) is 8.56. The first kappa shape index (κ1) is 15.3. The van der Waals surface area contributed by atoms with Crippen molar-refractivity contribution in [2.24, 2.45) is 17.3 Å². The van der Waals surface area contributed by atoms with Gasteiger partial charge in [-0.15, -0.1) is 0 Å². The normalized spacial score (nSPS) is 44.8. The van der Waals surface area contributed by atoms with Crippen LogP contribution in [0, 0.1) is 17.3 Å². The van der Waals surface area contributed by atoms with E-state index in [4.69, 9.17) is 0 Å². The van der Waals surface area contributed by atoms with Crippen LogP contribution in [-0.2, 0) is 4.79 Å². The van der Waals surface area contributed by atoms with Gasteiger partial charge in [0.15, 0.2) is 6.54 Å². The Kier molecular flexibility index (Phi) is 3.81. The number of fused-ring (bicyclic) bond motifs is 2. The molecule has 3 aliphatic rings. The van der Waals surface area contributed by atoms with Crippen LogP contribution in [-0.4, -0.2) is 51.2 Å². The quantitative estimate of drug-likeness (QED) is 0.597. The molecule has 0 aromatic rings. The Morgan fingerprint density at radius 1 is 1.10 bits per heavy atom. The van der Waals surface area contributed by atoms with Crippen LogP contribution in [0.1, 0.15) is 40.0 Å². The van der Waals surface area contributed by atoms with Crippen molar-refractivity contribution in [3.05, 3.63) is 0 Å². The first-order valence-corrected chi connectivity index (χ1v) is 8.79. The maximum Gasteiger partial charge on any atom is 0.275 e. The average molecular weight is 295 g/mol. The summed E-state index contributed by atoms with van der Waals surface area (Å²) in [4.78, 5) is 15.6. The number of amides is 1. The van der Waals surface area contributed by atoms with Gasteiger partial charge in [0.2, 0.25) is 0 Å². The van der Waals surface area contributed by atoms with Gasteiger partial charge in [-0.1, -0.05) is 13.8 Å². The van der Waals surface area contributed by atoms with E-state index in [9.17, 15) is 4.79 Å². The van der Waals surface area contributed by atoms with Gasteiger partial charge >= 0.3 is 0 Å². The Labute approximate surface area is 129 Å². The molecule has 3 fully saturated rings. The molecule has 1 aliphatic heterocycles. The average Bonchev–Trinajstić information content (AvgIpc) is 2.96. The van der Waals surface area contributed by atoms with Gasteiger partial charge in [-0.3, -0.25) is 4.79 Å². The molecule has 2 bridgehead atoms. The monoisotopic (exact) mass is 295 g/mol. The highest BCUT2D eigenvalue weighted by molar-refractivity contribution is 5.78. The van der Waals surface area contributed by atoms with Crippen molar-refractivity contribution < 1.29 is 14.6 Å². The van der Waals surface area contributed by atoms with Gasteiger partial charge < -0.3 is 15.1 Å². The molecule has 1 heterocycles. The van der Waals surface area contributed by atoms with Crippen molar-refractivity contribution in [3.8, 4) is 0 Å². The first-order chi connectivity index (χ1) is 9.83. The molecule has 1 amide bonds. The summed E-state index contributed by atoms with van der Waals surface area (Å²) in [6, 6.07) is 0. The predicted molar refractivity (Wildman–Crippen MR) is 83.3 cm³/mol. The van der Waals surface area contributed by atoms with Crippen LogP contribution in [0.25, 0.3) is 0 Å². The van der Waals surface area contributed by atoms with Crippen molar-refractivity contribution in [3.63, 3.8) is 0 Å². The van der Waals surface area contributed by atoms with Gasteiger partial charge in [-0.25, -0.2) is 0 Å². The van der Waals surface area contributed by atoms with Crippen molar-refractivity contribution in [2.75, 3.05) is 39.8 Å². The maximum atomic E-state index is 12.6. The second kappa shape index (κ2) is 5.24. The Morgan fingerprint density at radius 2 is 1.71 bits per heavy atom. The van der Waals surface area contributed by atoms with Crippen LogP contribution in [0.15, 0.2) is 0 Å². The lowest BCUT2D eigenvalue weighted by atomic mass is 9.64. The fourth-order valence-corrected chi connectivity index (χ4v) is 5.14. The van der Waals surface area contributed by atoms with Crippen molar-refractivity contribution in [1.29, 1.82) is 0 Å². The number of piperazine rings is 1. The molecular weight excluding hydrogens is 262 g/mol. The lowest BCUT2D eigenvalue weighted by Gasteiger charge is -2.48. The van der Waals surface area contributed by atoms with Crippen LogP contribution >= 0.6 is 0 Å². The Balaban J connectivity index is 1.59. The van der Waals surface area contributed by atoms with E-state index in [0.29, 0.717) is 12.5 Å². The van der Waals surface area contributed by atoms with E-state index >= 15 is 0 Å². The number of nitrogens with one attached hydrogen (secondary N) is 3. The molecule has 4 nitrogen and oxygen atoms in total. The zero-order valence-corrected chi connectivity index (χ0v) is 14.2. The highest BCUT2D eigenvalue weighted by atomic mass is 16.2. The van der Waals surface area contributed by atoms with Crippen LogP contribution in [0.4, 0.5) is 0 Å². The van der Waals surface area contributed by atoms with E-state index in [0.717, 1.165) is 19.0 Å². The van der Waals surface area contributed by atoms with Crippen LogP contribution in [0.3, 0.4) is 0 Å². The fraction of sp³-hybridized carbons (Fsp3) is 0.941. The Hall–Kier alpha value is -0.610. The van der Waals surface area contributed by atoms with Crippen molar-refractivity contribution >= 4 is 5.91 Å². The molecule has 0 aromatic heterocycles. The first-order valence-electron chi connectivity index (χ1n) is 8.79. The minimum atomic E-state index is 0.00423. The number of hydrogen-bond acceptors (Lipinski definition) is 1. The van der Waals surface area contributed by atoms with Crippen LogP contribution in [0.5, 0.6) is 0 Å². The number of hydrogen-bond donors (Lipinski definition) is 3. The van der Waals surface area contributed by atoms with E-state index in [1.54, 1.807) is 4.90 Å². The van der Waals surface area contributed by atoms with Gasteiger partial charge in [-0.05, 0) is 43.4 Å². The molecule has 0 spiro atoms. The summed E-state index contributed by atoms with van der Waals surface area (Å²) in [6.07, 6.45) is 3.97. The molecule has 0 aromatic carbocycles. The fourth-order valence-electron chi connectivity index (χ4n) is 5.14. The Bertz CT molecular complexity index is 414. The molecule has 3 atom stereocenters. The minimum Gasteiger partial charge on any atom is -0.345 e. The van der Waals surface area contributed by atoms with Gasteiger partial charge in [0.05, 0.1) is 7.05 Å². The lowest BCUT2D eigenvalue weighted by molar-refractivity contribution is -1.000. The van der Waals surface area contributed by atoms with E-state index < -0.39 is 0 Å². The number of carbonyl (C=O) groups is 1. The topological polar surface area (TPSA) is 38.0 Å². The van der Waals surface area contributed by atoms with E-state index in [-0.39, 0.29) is 16.9 Å². The number of carbonyl (C=O) groups excluding carboxylic acids is 1. The predicted octanol–water partition coefficient (Wildman–Crippen LogP) is -1.27. The molecule has 0 radical (unpaired) electrons. The summed E-state index contributed by atoms with van der Waals surface area (Å²) in [5, 5.41) is 3.47. The molecule has 3 rings (SSSR count). The van der Waals surface area contributed by atoms with Gasteiger partial charge in [0.25, 0.3) is 5.91 Å². The molecule has 2 saturated carbocycles. The molecule has 120 valence electrons. The van der Waals surface area contributed by atoms with Gasteiger partial charge in [0, 0.05) is 5.54 Å². The third-order valence-corrected chi connectivity index (χ3v) is 7.23. The van der Waals surface area contributed by atoms with Crippen LogP contribution < -0.4 is 15.1 Å². The van der Waals surface area contributed by atoms with Gasteiger partial charge in [0.1, 0.15) is 26.2 Å². The third-order valence-electron chi connectivity index (χ3n) is 7.23. The summed E-state index contributed by atoms with van der Waals surface area (Å²) in [5.41, 5.74) is 0.247. The van der Waals surface area contributed by atoms with E-state index in [2.05, 4.69) is 33.1 Å². The lowest BCUT2D eigenvalue weighted by Crippen LogP contribution is -3.27. The third kappa shape index (κ3) is 2.50. The standard InChI is InChI=1S/C17H31N3O/c1-16(2)13-5-6-14(11-13)17(16,3)18-15(21)12-20-9-7-19(4)8-10-20/h13-14H,5-12H2,1-4H3,(H,18,21)/p+2/t13-,14+,17-/m1/s1. The number of rotatable bonds is 3. The zero-order chi connectivity index (χ0) is 15.3. The summed E-state index contributed by atoms with van der Waals surface area (Å²) < 4.78 is 0. The molecule has 0 unspecified atom stereocenters. The molecular formula is C17H33N3O+2. The van der Waals surface area contributed by atoms with Crippen molar-refractivity contribution in [2.45, 2.75) is 45.6 Å². The summed E-state index contributed by atoms with van der Waals surface area (Å²) in [7, 11) is 2.25. The highest BCUT2D eigenvalue weighted by Gasteiger charge is 2.60. The molecule has 21 heavy (non-hydrogen) atoms. The van der Waals surface area contributed by atoms with Crippen LogP contribution in [0.2, 0.25) is 0 Å². The summed E-state index contributed by atoms with van der Waals surface area (Å²) >= 11 is 0. The largest absolute Gasteiger partial charge is 0.345 e. The molecule has 2 aliphatic carbocycles. The van der Waals surface area contributed by atoms with Gasteiger partial charge in [-0.2, -0.15) is 0 Å². The smallest absolute Gasteiger partial charge is 0.275 e. The second-order valence-corrected chi connectivity index (χ2v) is 8.56. The molecule has 1 saturated heterocycles. The number of quaternary nitrogens is 2. The summed E-state index contributed by atoms with van der Waals surface area (Å²) in [6.45, 7) is 12.3. The maximum absolute atomic E-state index is 12.6. The number of likely N-dealkylation sites (N-methyl/N-ethyl adjacent to an activating group) is 1. The Morgan fingerprint density at radius 3 is 2.29 bits per heavy atom. The highest BCUT2D eigenvalue weighted by Crippen LogP contribution is 2.61. The molecule has 3 N–H and O–H groups in total. The van der Waals surface area contributed by atoms with E-state index in [1.807, 2.05) is 0 Å².